The molecule has 1 amide bonds. The zero-order valence-electron chi connectivity index (χ0n) is 21.6. The minimum Gasteiger partial charge on any atom is -0.481 e. The van der Waals surface area contributed by atoms with Gasteiger partial charge in [0, 0.05) is 24.2 Å². The molecule has 2 aromatic rings. The molecule has 2 unspecified atom stereocenters. The topological polar surface area (TPSA) is 142 Å². The van der Waals surface area contributed by atoms with Gasteiger partial charge in [-0.3, -0.25) is 19.3 Å². The van der Waals surface area contributed by atoms with Gasteiger partial charge in [-0.2, -0.15) is 0 Å². The van der Waals surface area contributed by atoms with Gasteiger partial charge in [0.15, 0.2) is 5.69 Å². The number of aromatic nitrogens is 2. The Labute approximate surface area is 221 Å². The fourth-order valence-electron chi connectivity index (χ4n) is 6.99. The second-order valence-corrected chi connectivity index (χ2v) is 11.0. The smallest absolute Gasteiger partial charge is 0.326 e. The maximum absolute atomic E-state index is 13.8. The van der Waals surface area contributed by atoms with Crippen molar-refractivity contribution < 1.29 is 24.6 Å². The monoisotopic (exact) mass is 524 g/mol. The number of carboxylic acids is 2. The van der Waals surface area contributed by atoms with Crippen molar-refractivity contribution in [1.29, 1.82) is 0 Å². The van der Waals surface area contributed by atoms with Crippen molar-refractivity contribution >= 4 is 28.9 Å². The van der Waals surface area contributed by atoms with E-state index in [2.05, 4.69) is 15.2 Å². The minimum atomic E-state index is -1.66. The van der Waals surface area contributed by atoms with Crippen LogP contribution in [0.5, 0.6) is 0 Å². The maximum Gasteiger partial charge on any atom is 0.326 e. The molecule has 3 fully saturated rings. The summed E-state index contributed by atoms with van der Waals surface area (Å²) in [7, 11) is 0. The van der Waals surface area contributed by atoms with Crippen LogP contribution in [0, 0.1) is 0 Å². The van der Waals surface area contributed by atoms with Gasteiger partial charge in [0.05, 0.1) is 17.5 Å². The van der Waals surface area contributed by atoms with Crippen LogP contribution < -0.4 is 10.9 Å². The Morgan fingerprint density at radius 1 is 0.895 bits per heavy atom. The highest BCUT2D eigenvalue weighted by Crippen LogP contribution is 2.44. The molecule has 0 radical (unpaired) electrons. The first-order chi connectivity index (χ1) is 18.3. The molecule has 3 heterocycles. The van der Waals surface area contributed by atoms with E-state index in [-0.39, 0.29) is 6.04 Å². The molecule has 1 saturated carbocycles. The van der Waals surface area contributed by atoms with Gasteiger partial charge in [0.2, 0.25) is 0 Å². The summed E-state index contributed by atoms with van der Waals surface area (Å²) in [5.41, 5.74) is 0.148. The van der Waals surface area contributed by atoms with Gasteiger partial charge >= 0.3 is 11.9 Å². The van der Waals surface area contributed by atoms with Crippen molar-refractivity contribution in [2.24, 2.45) is 0 Å². The van der Waals surface area contributed by atoms with Crippen LogP contribution in [0.4, 0.5) is 0 Å². The van der Waals surface area contributed by atoms with Crippen molar-refractivity contribution in [3.05, 3.63) is 40.3 Å². The molecule has 10 nitrogen and oxygen atoms in total. The summed E-state index contributed by atoms with van der Waals surface area (Å²) in [5.74, 6) is -3.83. The quantitative estimate of drug-likeness (QED) is 0.501. The van der Waals surface area contributed by atoms with Gasteiger partial charge in [-0.15, -0.1) is 0 Å². The number of piperidine rings is 1. The van der Waals surface area contributed by atoms with Crippen LogP contribution >= 0.6 is 0 Å². The number of rotatable bonds is 7. The third kappa shape index (κ3) is 5.32. The van der Waals surface area contributed by atoms with Crippen molar-refractivity contribution in [2.75, 3.05) is 0 Å². The molecule has 3 N–H and O–H groups in total. The van der Waals surface area contributed by atoms with Gasteiger partial charge in [-0.25, -0.2) is 9.78 Å². The van der Waals surface area contributed by atoms with Crippen LogP contribution in [0.25, 0.3) is 11.0 Å². The Kier molecular flexibility index (Phi) is 7.78. The lowest BCUT2D eigenvalue weighted by Gasteiger charge is -2.45. The molecule has 2 aliphatic heterocycles. The second-order valence-electron chi connectivity index (χ2n) is 11.0. The Morgan fingerprint density at radius 2 is 1.53 bits per heavy atom. The Hall–Kier alpha value is -3.27. The van der Waals surface area contributed by atoms with Crippen LogP contribution in [0.1, 0.15) is 93.6 Å². The van der Waals surface area contributed by atoms with E-state index in [1.54, 1.807) is 16.7 Å². The summed E-state index contributed by atoms with van der Waals surface area (Å²) in [6.45, 7) is 0. The number of nitrogens with zero attached hydrogens (tertiary/aromatic N) is 3. The van der Waals surface area contributed by atoms with E-state index in [0.717, 1.165) is 25.7 Å². The predicted octanol–water partition coefficient (Wildman–Crippen LogP) is 3.34. The molecule has 10 heteroatoms. The molecular weight excluding hydrogens is 488 g/mol. The zero-order chi connectivity index (χ0) is 26.8. The number of carbonyl (C=O) groups is 3. The number of hydrogen-bond donors (Lipinski definition) is 3. The SMILES string of the molecule is O=C(O)CC(NC(=O)c1nc2ccccc2n(C2C[C@H]3CC[C@@H](C2)N3C2CCCCCCC2)c1=O)C(=O)O. The lowest BCUT2D eigenvalue weighted by molar-refractivity contribution is -0.145. The lowest BCUT2D eigenvalue weighted by Crippen LogP contribution is -2.50. The molecule has 1 aliphatic carbocycles. The van der Waals surface area contributed by atoms with Gasteiger partial charge < -0.3 is 20.1 Å². The number of carboxylic acid groups (broad SMARTS) is 2. The lowest BCUT2D eigenvalue weighted by atomic mass is 9.89. The Bertz CT molecular complexity index is 1250. The number of amides is 1. The summed E-state index contributed by atoms with van der Waals surface area (Å²) in [6.07, 6.45) is 12.0. The van der Waals surface area contributed by atoms with Crippen LogP contribution in [0.3, 0.4) is 0 Å². The average molecular weight is 525 g/mol. The second kappa shape index (κ2) is 11.2. The van der Waals surface area contributed by atoms with Crippen molar-refractivity contribution in [1.82, 2.24) is 19.8 Å². The van der Waals surface area contributed by atoms with E-state index in [4.69, 9.17) is 5.11 Å². The molecule has 2 saturated heterocycles. The summed E-state index contributed by atoms with van der Waals surface area (Å²) in [6, 6.07) is 6.80. The number of carbonyl (C=O) groups excluding carboxylic acids is 1. The molecule has 3 aliphatic rings. The van der Waals surface area contributed by atoms with E-state index in [9.17, 15) is 24.3 Å². The zero-order valence-corrected chi connectivity index (χ0v) is 21.6. The standard InChI is InChI=1S/C28H36N4O6/c33-24(34)16-22(28(37)38)30-26(35)25-27(36)32(23-11-7-6-10-21(23)29-25)20-14-18-12-13-19(15-20)31(18)17-8-4-2-1-3-5-9-17/h6-7,10-11,17-20,22H,1-5,8-9,12-16H2,(H,30,35)(H,33,34)(H,37,38)/t18-,19+,20?,22?. The highest BCUT2D eigenvalue weighted by atomic mass is 16.4. The number of benzene rings is 1. The number of hydrogen-bond acceptors (Lipinski definition) is 6. The van der Waals surface area contributed by atoms with Crippen molar-refractivity contribution in [3.8, 4) is 0 Å². The van der Waals surface area contributed by atoms with Gasteiger partial charge in [0.1, 0.15) is 6.04 Å². The van der Waals surface area contributed by atoms with E-state index in [1.165, 1.54) is 44.9 Å². The van der Waals surface area contributed by atoms with E-state index in [1.807, 2.05) is 12.1 Å². The van der Waals surface area contributed by atoms with Crippen LogP contribution in [-0.4, -0.2) is 66.7 Å². The Morgan fingerprint density at radius 3 is 2.16 bits per heavy atom. The van der Waals surface area contributed by atoms with Crippen molar-refractivity contribution in [3.63, 3.8) is 0 Å². The first-order valence-electron chi connectivity index (χ1n) is 13.9. The number of para-hydroxylation sites is 2. The minimum absolute atomic E-state index is 0.0986. The normalized spacial score (nSPS) is 25.4. The fourth-order valence-corrected chi connectivity index (χ4v) is 6.99. The molecule has 1 aromatic carbocycles. The van der Waals surface area contributed by atoms with Gasteiger partial charge in [0.25, 0.3) is 11.5 Å². The van der Waals surface area contributed by atoms with Crippen molar-refractivity contribution in [2.45, 2.75) is 107 Å². The third-order valence-corrected chi connectivity index (χ3v) is 8.62. The summed E-state index contributed by atoms with van der Waals surface area (Å²) >= 11 is 0. The van der Waals surface area contributed by atoms with E-state index in [0.29, 0.717) is 29.2 Å². The summed E-state index contributed by atoms with van der Waals surface area (Å²) < 4.78 is 1.69. The molecule has 0 spiro atoms. The molecule has 204 valence electrons. The highest BCUT2D eigenvalue weighted by Gasteiger charge is 2.44. The first-order valence-corrected chi connectivity index (χ1v) is 13.9. The Balaban J connectivity index is 1.45. The van der Waals surface area contributed by atoms with Gasteiger partial charge in [-0.05, 0) is 50.7 Å². The van der Waals surface area contributed by atoms with Gasteiger partial charge in [-0.1, -0.05) is 44.2 Å². The van der Waals surface area contributed by atoms with Crippen LogP contribution in [-0.2, 0) is 9.59 Å². The molecule has 1 aromatic heterocycles. The number of nitrogens with one attached hydrogen (secondary N) is 1. The van der Waals surface area contributed by atoms with E-state index >= 15 is 0 Å². The largest absolute Gasteiger partial charge is 0.481 e. The van der Waals surface area contributed by atoms with Crippen LogP contribution in [0.15, 0.2) is 29.1 Å². The summed E-state index contributed by atoms with van der Waals surface area (Å²) in [4.78, 5) is 56.4. The van der Waals surface area contributed by atoms with E-state index < -0.39 is 41.6 Å². The number of aliphatic carboxylic acids is 2. The molecular formula is C28H36N4O6. The number of fused-ring (bicyclic) bond motifs is 3. The maximum atomic E-state index is 13.8. The highest BCUT2D eigenvalue weighted by molar-refractivity contribution is 5.97. The fraction of sp³-hybridized carbons (Fsp3) is 0.607. The third-order valence-electron chi connectivity index (χ3n) is 8.62. The summed E-state index contributed by atoms with van der Waals surface area (Å²) in [5, 5.41) is 20.6. The average Bonchev–Trinajstić information content (AvgIpc) is 3.11. The first kappa shape index (κ1) is 26.3. The molecule has 5 rings (SSSR count). The van der Waals surface area contributed by atoms with Crippen LogP contribution in [0.2, 0.25) is 0 Å². The molecule has 2 bridgehead atoms. The molecule has 38 heavy (non-hydrogen) atoms. The molecule has 4 atom stereocenters. The predicted molar refractivity (Wildman–Crippen MR) is 140 cm³/mol.